The second-order valence-corrected chi connectivity index (χ2v) is 7.75. The minimum atomic E-state index is -3.76. The molecular weight excluding hydrogens is 316 g/mol. The highest BCUT2D eigenvalue weighted by molar-refractivity contribution is 7.92. The van der Waals surface area contributed by atoms with E-state index in [9.17, 15) is 13.2 Å². The summed E-state index contributed by atoms with van der Waals surface area (Å²) in [6, 6.07) is 8.05. The minimum Gasteiger partial charge on any atom is -0.501 e. The number of carbonyl (C=O) groups excluding carboxylic acids is 1. The number of methoxy groups -OCH3 is 2. The lowest BCUT2D eigenvalue weighted by Gasteiger charge is -2.24. The van der Waals surface area contributed by atoms with Crippen molar-refractivity contribution in [2.75, 3.05) is 14.2 Å². The van der Waals surface area contributed by atoms with Crippen LogP contribution in [0.3, 0.4) is 0 Å². The van der Waals surface area contributed by atoms with Gasteiger partial charge in [-0.15, -0.1) is 0 Å². The van der Waals surface area contributed by atoms with Crippen molar-refractivity contribution in [3.05, 3.63) is 42.2 Å². The van der Waals surface area contributed by atoms with E-state index in [4.69, 9.17) is 9.47 Å². The number of hydrogen-bond acceptors (Lipinski definition) is 5. The van der Waals surface area contributed by atoms with Gasteiger partial charge in [-0.1, -0.05) is 18.2 Å². The van der Waals surface area contributed by atoms with Crippen LogP contribution >= 0.6 is 0 Å². The summed E-state index contributed by atoms with van der Waals surface area (Å²) in [6.45, 7) is 0. The van der Waals surface area contributed by atoms with Crippen molar-refractivity contribution in [3.63, 3.8) is 0 Å². The average molecular weight is 338 g/mol. The monoisotopic (exact) mass is 338 g/mol. The van der Waals surface area contributed by atoms with Gasteiger partial charge >= 0.3 is 5.97 Å². The molecule has 0 aromatic heterocycles. The van der Waals surface area contributed by atoms with Gasteiger partial charge in [0.25, 0.3) is 0 Å². The van der Waals surface area contributed by atoms with Gasteiger partial charge in [0.05, 0.1) is 24.9 Å². The Labute approximate surface area is 137 Å². The molecule has 0 aliphatic heterocycles. The van der Waals surface area contributed by atoms with Crippen molar-refractivity contribution in [1.82, 2.24) is 0 Å². The van der Waals surface area contributed by atoms with Gasteiger partial charge < -0.3 is 9.47 Å². The maximum atomic E-state index is 12.8. The van der Waals surface area contributed by atoms with Gasteiger partial charge in [-0.3, -0.25) is 4.79 Å². The topological polar surface area (TPSA) is 69.7 Å². The molecular formula is C17H22O5S. The first-order chi connectivity index (χ1) is 11.0. The molecule has 1 aliphatic rings. The molecule has 0 radical (unpaired) electrons. The maximum absolute atomic E-state index is 12.8. The van der Waals surface area contributed by atoms with Crippen LogP contribution in [0.15, 0.2) is 47.1 Å². The lowest BCUT2D eigenvalue weighted by molar-refractivity contribution is -0.140. The van der Waals surface area contributed by atoms with E-state index in [0.29, 0.717) is 6.42 Å². The van der Waals surface area contributed by atoms with Crippen LogP contribution in [0.2, 0.25) is 0 Å². The molecule has 1 aliphatic carbocycles. The zero-order chi connectivity index (χ0) is 16.9. The Morgan fingerprint density at radius 1 is 1.26 bits per heavy atom. The SMILES string of the molecule is COC(=O)C(CC1CC=C(OC)CC1)S(=O)(=O)c1ccccc1. The van der Waals surface area contributed by atoms with Crippen LogP contribution < -0.4 is 0 Å². The third-order valence-corrected chi connectivity index (χ3v) is 6.26. The molecule has 0 N–H and O–H groups in total. The smallest absolute Gasteiger partial charge is 0.324 e. The highest BCUT2D eigenvalue weighted by Crippen LogP contribution is 2.31. The summed E-state index contributed by atoms with van der Waals surface area (Å²) >= 11 is 0. The van der Waals surface area contributed by atoms with Crippen molar-refractivity contribution < 1.29 is 22.7 Å². The third kappa shape index (κ3) is 4.13. The van der Waals surface area contributed by atoms with Gasteiger partial charge in [-0.05, 0) is 43.4 Å². The van der Waals surface area contributed by atoms with E-state index in [1.54, 1.807) is 25.3 Å². The van der Waals surface area contributed by atoms with Crippen molar-refractivity contribution in [2.24, 2.45) is 5.92 Å². The molecule has 23 heavy (non-hydrogen) atoms. The van der Waals surface area contributed by atoms with Crippen LogP contribution in [-0.4, -0.2) is 33.9 Å². The van der Waals surface area contributed by atoms with Gasteiger partial charge in [0.2, 0.25) is 0 Å². The summed E-state index contributed by atoms with van der Waals surface area (Å²) in [5.74, 6) is 0.341. The second kappa shape index (κ2) is 7.64. The molecule has 6 heteroatoms. The van der Waals surface area contributed by atoms with Gasteiger partial charge in [-0.2, -0.15) is 0 Å². The molecule has 0 saturated heterocycles. The first kappa shape index (κ1) is 17.5. The Morgan fingerprint density at radius 2 is 1.96 bits per heavy atom. The normalized spacial score (nSPS) is 19.6. The molecule has 1 aromatic rings. The molecule has 2 rings (SSSR count). The predicted octanol–water partition coefficient (Wildman–Crippen LogP) is 2.72. The Bertz CT molecular complexity index is 663. The van der Waals surface area contributed by atoms with E-state index in [1.165, 1.54) is 19.2 Å². The predicted molar refractivity (Wildman–Crippen MR) is 86.5 cm³/mol. The summed E-state index contributed by atoms with van der Waals surface area (Å²) in [7, 11) is -0.907. The van der Waals surface area contributed by atoms with Crippen LogP contribution in [0.5, 0.6) is 0 Å². The van der Waals surface area contributed by atoms with Gasteiger partial charge in [0.1, 0.15) is 0 Å². The summed E-state index contributed by atoms with van der Waals surface area (Å²) in [4.78, 5) is 12.2. The molecule has 1 aromatic carbocycles. The van der Waals surface area contributed by atoms with Crippen LogP contribution in [0, 0.1) is 5.92 Å². The number of rotatable bonds is 6. The van der Waals surface area contributed by atoms with E-state index >= 15 is 0 Å². The molecule has 0 spiro atoms. The molecule has 5 nitrogen and oxygen atoms in total. The largest absolute Gasteiger partial charge is 0.501 e. The fourth-order valence-corrected chi connectivity index (χ4v) is 4.56. The summed E-state index contributed by atoms with van der Waals surface area (Å²) in [6.07, 6.45) is 4.51. The first-order valence-corrected chi connectivity index (χ1v) is 9.13. The van der Waals surface area contributed by atoms with Crippen LogP contribution in [0.25, 0.3) is 0 Å². The highest BCUT2D eigenvalue weighted by Gasteiger charge is 2.37. The van der Waals surface area contributed by atoms with E-state index in [-0.39, 0.29) is 17.2 Å². The van der Waals surface area contributed by atoms with Gasteiger partial charge in [0.15, 0.2) is 15.1 Å². The molecule has 0 heterocycles. The lowest BCUT2D eigenvalue weighted by Crippen LogP contribution is -2.34. The van der Waals surface area contributed by atoms with Crippen LogP contribution in [0.1, 0.15) is 25.7 Å². The quantitative estimate of drug-likeness (QED) is 0.746. The van der Waals surface area contributed by atoms with Crippen LogP contribution in [-0.2, 0) is 24.1 Å². The second-order valence-electron chi connectivity index (χ2n) is 5.62. The number of carbonyl (C=O) groups is 1. The fourth-order valence-electron chi connectivity index (χ4n) is 2.82. The Balaban J connectivity index is 2.22. The zero-order valence-corrected chi connectivity index (χ0v) is 14.2. The summed E-state index contributed by atoms with van der Waals surface area (Å²) < 4.78 is 35.5. The number of hydrogen-bond donors (Lipinski definition) is 0. The molecule has 0 amide bonds. The van der Waals surface area contributed by atoms with E-state index < -0.39 is 21.1 Å². The molecule has 0 bridgehead atoms. The molecule has 2 atom stereocenters. The molecule has 126 valence electrons. The maximum Gasteiger partial charge on any atom is 0.324 e. The Hall–Kier alpha value is -1.82. The molecule has 0 saturated carbocycles. The van der Waals surface area contributed by atoms with Crippen LogP contribution in [0.4, 0.5) is 0 Å². The molecule has 2 unspecified atom stereocenters. The van der Waals surface area contributed by atoms with E-state index in [2.05, 4.69) is 0 Å². The number of benzene rings is 1. The zero-order valence-electron chi connectivity index (χ0n) is 13.4. The number of ether oxygens (including phenoxy) is 2. The van der Waals surface area contributed by atoms with Gasteiger partial charge in [-0.25, -0.2) is 8.42 Å². The van der Waals surface area contributed by atoms with Crippen molar-refractivity contribution in [2.45, 2.75) is 35.8 Å². The summed E-state index contributed by atoms with van der Waals surface area (Å²) in [5.41, 5.74) is 0. The number of esters is 1. The lowest BCUT2D eigenvalue weighted by atomic mass is 9.89. The van der Waals surface area contributed by atoms with E-state index in [1.807, 2.05) is 6.08 Å². The van der Waals surface area contributed by atoms with Crippen molar-refractivity contribution in [1.29, 1.82) is 0 Å². The standard InChI is InChI=1S/C17H22O5S/c1-21-14-10-8-13(9-11-14)12-16(17(18)22-2)23(19,20)15-6-4-3-5-7-15/h3-7,10,13,16H,8-9,11-12H2,1-2H3. The number of sulfone groups is 1. The third-order valence-electron chi connectivity index (χ3n) is 4.20. The highest BCUT2D eigenvalue weighted by atomic mass is 32.2. The number of allylic oxidation sites excluding steroid dienone is 2. The minimum absolute atomic E-state index is 0.122. The van der Waals surface area contributed by atoms with Crippen molar-refractivity contribution in [3.8, 4) is 0 Å². The average Bonchev–Trinajstić information content (AvgIpc) is 2.60. The molecule has 0 fully saturated rings. The Morgan fingerprint density at radius 3 is 2.48 bits per heavy atom. The van der Waals surface area contributed by atoms with Crippen molar-refractivity contribution >= 4 is 15.8 Å². The van der Waals surface area contributed by atoms with E-state index in [0.717, 1.165) is 18.6 Å². The first-order valence-electron chi connectivity index (χ1n) is 7.58. The summed E-state index contributed by atoms with van der Waals surface area (Å²) in [5, 5.41) is -1.17. The fraction of sp³-hybridized carbons (Fsp3) is 0.471. The van der Waals surface area contributed by atoms with Gasteiger partial charge in [0, 0.05) is 6.42 Å². The Kier molecular flexibility index (Phi) is 5.82.